The Morgan fingerprint density at radius 1 is 1.43 bits per heavy atom. The molecular formula is C6H6S. The van der Waals surface area contributed by atoms with E-state index in [1.807, 2.05) is 17.6 Å². The molecule has 1 rings (SSSR count). The van der Waals surface area contributed by atoms with Gasteiger partial charge in [0.2, 0.25) is 0 Å². The van der Waals surface area contributed by atoms with Crippen LogP contribution < -0.4 is 0 Å². The minimum absolute atomic E-state index is 0.970. The predicted molar refractivity (Wildman–Crippen MR) is 33.7 cm³/mol. The molecule has 0 atom stereocenters. The van der Waals surface area contributed by atoms with Crippen molar-refractivity contribution < 1.29 is 0 Å². The Bertz CT molecular complexity index is 80.4. The zero-order valence-electron chi connectivity index (χ0n) is 3.92. The summed E-state index contributed by atoms with van der Waals surface area (Å²) in [5, 5.41) is 2.02. The standard InChI is InChI=1S/C6H6S/c1-2-4-6-7-5-3-1/h1-3,5H,4H2. The maximum absolute atomic E-state index is 3.09. The van der Waals surface area contributed by atoms with Crippen LogP contribution in [-0.2, 0) is 0 Å². The molecular weight excluding hydrogens is 104 g/mol. The third-order valence-corrected chi connectivity index (χ3v) is 1.30. The van der Waals surface area contributed by atoms with Gasteiger partial charge < -0.3 is 0 Å². The highest BCUT2D eigenvalue weighted by atomic mass is 32.2. The van der Waals surface area contributed by atoms with E-state index in [1.165, 1.54) is 0 Å². The number of hydrogen-bond acceptors (Lipinski definition) is 1. The molecule has 0 saturated heterocycles. The van der Waals surface area contributed by atoms with E-state index in [2.05, 4.69) is 11.8 Å². The molecule has 0 bridgehead atoms. The fourth-order valence-electron chi connectivity index (χ4n) is 0.376. The van der Waals surface area contributed by atoms with Crippen LogP contribution in [0.3, 0.4) is 0 Å². The van der Waals surface area contributed by atoms with Crippen LogP contribution in [0.15, 0.2) is 23.6 Å². The summed E-state index contributed by atoms with van der Waals surface area (Å²) in [4.78, 5) is 0. The Kier molecular flexibility index (Phi) is 2.07. The lowest BCUT2D eigenvalue weighted by Gasteiger charge is -1.79. The zero-order chi connectivity index (χ0) is 4.95. The van der Waals surface area contributed by atoms with Crippen molar-refractivity contribution in [2.75, 3.05) is 0 Å². The first-order chi connectivity index (χ1) is 3.50. The highest BCUT2D eigenvalue weighted by molar-refractivity contribution is 8.04. The van der Waals surface area contributed by atoms with Crippen molar-refractivity contribution in [2.24, 2.45) is 0 Å². The number of hydrogen-bond donors (Lipinski definition) is 0. The summed E-state index contributed by atoms with van der Waals surface area (Å²) < 4.78 is 0. The molecule has 0 nitrogen and oxygen atoms in total. The van der Waals surface area contributed by atoms with Gasteiger partial charge in [0.25, 0.3) is 0 Å². The Balaban J connectivity index is 2.39. The molecule has 2 radical (unpaired) electrons. The van der Waals surface area contributed by atoms with Gasteiger partial charge in [-0.2, -0.15) is 0 Å². The van der Waals surface area contributed by atoms with Crippen molar-refractivity contribution in [3.05, 3.63) is 29.4 Å². The largest absolute Gasteiger partial charge is 0.124 e. The van der Waals surface area contributed by atoms with Crippen LogP contribution in [0, 0.1) is 5.75 Å². The molecule has 1 heterocycles. The summed E-state index contributed by atoms with van der Waals surface area (Å²) in [6, 6.07) is 0. The molecule has 36 valence electrons. The van der Waals surface area contributed by atoms with Gasteiger partial charge in [0, 0.05) is 0 Å². The molecule has 0 saturated carbocycles. The third-order valence-electron chi connectivity index (χ3n) is 0.678. The number of thioether (sulfide) groups is 1. The van der Waals surface area contributed by atoms with Crippen LogP contribution in [-0.4, -0.2) is 0 Å². The quantitative estimate of drug-likeness (QED) is 0.461. The summed E-state index contributed by atoms with van der Waals surface area (Å²) in [6.45, 7) is 0. The maximum Gasteiger partial charge on any atom is 0.0569 e. The van der Waals surface area contributed by atoms with Crippen molar-refractivity contribution in [1.82, 2.24) is 0 Å². The maximum atomic E-state index is 3.09. The van der Waals surface area contributed by atoms with Crippen LogP contribution in [0.2, 0.25) is 0 Å². The summed E-state index contributed by atoms with van der Waals surface area (Å²) in [6.07, 6.45) is 7.10. The first-order valence-electron chi connectivity index (χ1n) is 2.20. The van der Waals surface area contributed by atoms with E-state index in [-0.39, 0.29) is 0 Å². The second kappa shape index (κ2) is 2.92. The Hall–Kier alpha value is -0.170. The van der Waals surface area contributed by atoms with Gasteiger partial charge in [-0.1, -0.05) is 18.2 Å². The predicted octanol–water partition coefficient (Wildman–Crippen LogP) is 2.23. The third kappa shape index (κ3) is 1.83. The molecule has 0 aromatic rings. The Morgan fingerprint density at radius 3 is 3.43 bits per heavy atom. The molecule has 7 heavy (non-hydrogen) atoms. The van der Waals surface area contributed by atoms with Crippen LogP contribution >= 0.6 is 11.8 Å². The smallest absolute Gasteiger partial charge is 0.0569 e. The molecule has 0 aromatic heterocycles. The molecule has 0 aliphatic carbocycles. The summed E-state index contributed by atoms with van der Waals surface area (Å²) in [7, 11) is 0. The highest BCUT2D eigenvalue weighted by Crippen LogP contribution is 2.12. The molecule has 0 unspecified atom stereocenters. The van der Waals surface area contributed by atoms with E-state index in [9.17, 15) is 0 Å². The Morgan fingerprint density at radius 2 is 2.43 bits per heavy atom. The summed E-state index contributed by atoms with van der Waals surface area (Å²) >= 11 is 1.62. The minimum Gasteiger partial charge on any atom is -0.124 e. The summed E-state index contributed by atoms with van der Waals surface area (Å²) in [5.41, 5.74) is 0. The van der Waals surface area contributed by atoms with Crippen LogP contribution in [0.4, 0.5) is 0 Å². The number of allylic oxidation sites excluding steroid dienone is 3. The van der Waals surface area contributed by atoms with E-state index in [4.69, 9.17) is 0 Å². The summed E-state index contributed by atoms with van der Waals surface area (Å²) in [5.74, 6) is 3.09. The molecule has 0 fully saturated rings. The second-order valence-corrected chi connectivity index (χ2v) is 2.02. The number of rotatable bonds is 0. The normalized spacial score (nSPS) is 19.4. The van der Waals surface area contributed by atoms with Crippen LogP contribution in [0.1, 0.15) is 6.42 Å². The fraction of sp³-hybridized carbons (Fsp3) is 0.167. The van der Waals surface area contributed by atoms with Gasteiger partial charge in [-0.3, -0.25) is 0 Å². The monoisotopic (exact) mass is 110 g/mol. The van der Waals surface area contributed by atoms with Crippen molar-refractivity contribution in [3.8, 4) is 0 Å². The second-order valence-electron chi connectivity index (χ2n) is 1.22. The van der Waals surface area contributed by atoms with E-state index >= 15 is 0 Å². The highest BCUT2D eigenvalue weighted by Gasteiger charge is 1.83. The van der Waals surface area contributed by atoms with E-state index in [1.54, 1.807) is 11.8 Å². The molecule has 1 heteroatoms. The molecule has 0 amide bonds. The van der Waals surface area contributed by atoms with E-state index in [0.717, 1.165) is 6.42 Å². The minimum atomic E-state index is 0.970. The van der Waals surface area contributed by atoms with Gasteiger partial charge in [-0.25, -0.2) is 0 Å². The lowest BCUT2D eigenvalue weighted by molar-refractivity contribution is 1.37. The van der Waals surface area contributed by atoms with Crippen molar-refractivity contribution in [2.45, 2.75) is 6.42 Å². The lowest BCUT2D eigenvalue weighted by Crippen LogP contribution is -1.55. The molecule has 0 N–H and O–H groups in total. The van der Waals surface area contributed by atoms with Crippen molar-refractivity contribution >= 4 is 11.8 Å². The SMILES string of the molecule is [C]1CC=CC=CS1. The van der Waals surface area contributed by atoms with E-state index in [0.29, 0.717) is 0 Å². The van der Waals surface area contributed by atoms with Gasteiger partial charge in [-0.15, -0.1) is 11.8 Å². The molecule has 1 aliphatic rings. The van der Waals surface area contributed by atoms with Gasteiger partial charge in [-0.05, 0) is 11.8 Å². The van der Waals surface area contributed by atoms with Crippen molar-refractivity contribution in [3.63, 3.8) is 0 Å². The molecule has 0 spiro atoms. The van der Waals surface area contributed by atoms with E-state index < -0.39 is 0 Å². The first kappa shape index (κ1) is 4.98. The average Bonchev–Trinajstić information content (AvgIpc) is 1.90. The average molecular weight is 110 g/mol. The van der Waals surface area contributed by atoms with Crippen molar-refractivity contribution in [1.29, 1.82) is 0 Å². The zero-order valence-corrected chi connectivity index (χ0v) is 4.74. The van der Waals surface area contributed by atoms with Gasteiger partial charge in [0.15, 0.2) is 0 Å². The lowest BCUT2D eigenvalue weighted by atomic mass is 10.4. The topological polar surface area (TPSA) is 0 Å². The Labute approximate surface area is 48.3 Å². The van der Waals surface area contributed by atoms with Gasteiger partial charge in [0.1, 0.15) is 0 Å². The van der Waals surface area contributed by atoms with Crippen LogP contribution in [0.5, 0.6) is 0 Å². The van der Waals surface area contributed by atoms with Crippen LogP contribution in [0.25, 0.3) is 0 Å². The molecule has 0 aromatic carbocycles. The van der Waals surface area contributed by atoms with Gasteiger partial charge in [0.05, 0.1) is 5.75 Å². The van der Waals surface area contributed by atoms with Gasteiger partial charge >= 0.3 is 0 Å². The molecule has 1 aliphatic heterocycles. The first-order valence-corrected chi connectivity index (χ1v) is 3.08. The fourth-order valence-corrected chi connectivity index (χ4v) is 0.834.